The Hall–Kier alpha value is -1.66. The van der Waals surface area contributed by atoms with Crippen LogP contribution in [0.2, 0.25) is 0 Å². The first-order valence-electron chi connectivity index (χ1n) is 5.82. The van der Waals surface area contributed by atoms with Crippen molar-refractivity contribution in [2.45, 2.75) is 13.3 Å². The molecule has 0 aliphatic rings. The number of carbonyl (C=O) groups is 1. The van der Waals surface area contributed by atoms with Gasteiger partial charge in [0.1, 0.15) is 0 Å². The summed E-state index contributed by atoms with van der Waals surface area (Å²) in [6.45, 7) is 3.01. The van der Waals surface area contributed by atoms with Crippen LogP contribution >= 0.6 is 11.3 Å². The molecule has 18 heavy (non-hydrogen) atoms. The van der Waals surface area contributed by atoms with Crippen LogP contribution in [0, 0.1) is 0 Å². The Morgan fingerprint density at radius 3 is 2.89 bits per heavy atom. The Morgan fingerprint density at radius 2 is 2.28 bits per heavy atom. The van der Waals surface area contributed by atoms with Crippen molar-refractivity contribution in [2.24, 2.45) is 11.5 Å². The summed E-state index contributed by atoms with van der Waals surface area (Å²) in [7, 11) is 0. The predicted octanol–water partition coefficient (Wildman–Crippen LogP) is 1.70. The van der Waals surface area contributed by atoms with Gasteiger partial charge in [-0.05, 0) is 37.6 Å². The molecule has 4 N–H and O–H groups in total. The Bertz CT molecular complexity index is 566. The van der Waals surface area contributed by atoms with Crippen molar-refractivity contribution in [3.8, 4) is 0 Å². The van der Waals surface area contributed by atoms with Crippen molar-refractivity contribution in [1.29, 1.82) is 0 Å². The quantitative estimate of drug-likeness (QED) is 0.881. The van der Waals surface area contributed by atoms with E-state index in [2.05, 4.69) is 11.1 Å². The fraction of sp³-hybridized carbons (Fsp3) is 0.333. The smallest absolute Gasteiger partial charge is 0.321 e. The van der Waals surface area contributed by atoms with Crippen LogP contribution < -0.4 is 16.4 Å². The Balaban J connectivity index is 2.40. The molecule has 0 aliphatic carbocycles. The van der Waals surface area contributed by atoms with Gasteiger partial charge in [-0.1, -0.05) is 17.4 Å². The van der Waals surface area contributed by atoms with E-state index in [1.54, 1.807) is 0 Å². The van der Waals surface area contributed by atoms with Crippen molar-refractivity contribution in [3.63, 3.8) is 0 Å². The number of benzene rings is 1. The zero-order chi connectivity index (χ0) is 13.1. The molecule has 0 unspecified atom stereocenters. The number of hydrogen-bond acceptors (Lipinski definition) is 4. The Labute approximate surface area is 109 Å². The lowest BCUT2D eigenvalue weighted by molar-refractivity contribution is 0.254. The molecular formula is C12H16N4OS. The van der Waals surface area contributed by atoms with Crippen LogP contribution in [0.25, 0.3) is 10.2 Å². The number of primary amides is 1. The van der Waals surface area contributed by atoms with Gasteiger partial charge >= 0.3 is 6.03 Å². The third-order valence-electron chi connectivity index (χ3n) is 2.69. The third-order valence-corrected chi connectivity index (χ3v) is 3.73. The molecule has 1 aromatic heterocycles. The van der Waals surface area contributed by atoms with Crippen LogP contribution in [0.4, 0.5) is 9.93 Å². The van der Waals surface area contributed by atoms with Crippen LogP contribution in [0.3, 0.4) is 0 Å². The average molecular weight is 264 g/mol. The van der Waals surface area contributed by atoms with Gasteiger partial charge < -0.3 is 11.5 Å². The molecule has 0 radical (unpaired) electrons. The Morgan fingerprint density at radius 1 is 1.50 bits per heavy atom. The molecule has 1 aromatic carbocycles. The van der Waals surface area contributed by atoms with Crippen molar-refractivity contribution in [2.75, 3.05) is 18.0 Å². The second-order valence-corrected chi connectivity index (χ2v) is 4.93. The molecule has 0 aliphatic heterocycles. The SMILES string of the molecule is CCN(C(N)=O)c1nc2ccc(CCN)cc2s1. The molecule has 0 bridgehead atoms. The molecular weight excluding hydrogens is 248 g/mol. The summed E-state index contributed by atoms with van der Waals surface area (Å²) in [5.41, 5.74) is 12.9. The van der Waals surface area contributed by atoms with E-state index in [4.69, 9.17) is 11.5 Å². The summed E-state index contributed by atoms with van der Waals surface area (Å²) in [6, 6.07) is 5.56. The van der Waals surface area contributed by atoms with Crippen molar-refractivity contribution in [3.05, 3.63) is 23.8 Å². The van der Waals surface area contributed by atoms with Gasteiger partial charge in [0, 0.05) is 6.54 Å². The monoisotopic (exact) mass is 264 g/mol. The number of hydrogen-bond donors (Lipinski definition) is 2. The van der Waals surface area contributed by atoms with E-state index in [0.717, 1.165) is 16.6 Å². The van der Waals surface area contributed by atoms with Gasteiger partial charge in [-0.3, -0.25) is 4.90 Å². The van der Waals surface area contributed by atoms with E-state index in [1.807, 2.05) is 19.1 Å². The summed E-state index contributed by atoms with van der Waals surface area (Å²) in [5, 5.41) is 0.643. The second kappa shape index (κ2) is 5.32. The fourth-order valence-corrected chi connectivity index (χ4v) is 2.88. The first kappa shape index (κ1) is 12.8. The van der Waals surface area contributed by atoms with Gasteiger partial charge in [-0.25, -0.2) is 9.78 Å². The van der Waals surface area contributed by atoms with Crippen LogP contribution in [0.5, 0.6) is 0 Å². The van der Waals surface area contributed by atoms with Gasteiger partial charge in [0.15, 0.2) is 5.13 Å². The first-order valence-corrected chi connectivity index (χ1v) is 6.64. The zero-order valence-electron chi connectivity index (χ0n) is 10.2. The maximum absolute atomic E-state index is 11.3. The molecule has 96 valence electrons. The number of nitrogens with zero attached hydrogens (tertiary/aromatic N) is 2. The highest BCUT2D eigenvalue weighted by Crippen LogP contribution is 2.29. The third kappa shape index (κ3) is 2.44. The van der Waals surface area contributed by atoms with Crippen molar-refractivity contribution >= 4 is 32.7 Å². The second-order valence-electron chi connectivity index (χ2n) is 3.92. The summed E-state index contributed by atoms with van der Waals surface area (Å²) >= 11 is 1.47. The van der Waals surface area contributed by atoms with Gasteiger partial charge in [0.05, 0.1) is 10.2 Å². The van der Waals surface area contributed by atoms with E-state index < -0.39 is 6.03 Å². The number of carbonyl (C=O) groups excluding carboxylic acids is 1. The highest BCUT2D eigenvalue weighted by molar-refractivity contribution is 7.22. The molecule has 2 amide bonds. The number of fused-ring (bicyclic) bond motifs is 1. The summed E-state index contributed by atoms with van der Waals surface area (Å²) in [5.74, 6) is 0. The first-order chi connectivity index (χ1) is 8.65. The number of nitrogens with two attached hydrogens (primary N) is 2. The zero-order valence-corrected chi connectivity index (χ0v) is 11.0. The highest BCUT2D eigenvalue weighted by Gasteiger charge is 2.15. The lowest BCUT2D eigenvalue weighted by Gasteiger charge is -2.13. The predicted molar refractivity (Wildman–Crippen MR) is 75.0 cm³/mol. The normalized spacial score (nSPS) is 10.8. The fourth-order valence-electron chi connectivity index (χ4n) is 1.78. The minimum Gasteiger partial charge on any atom is -0.351 e. The maximum Gasteiger partial charge on any atom is 0.321 e. The van der Waals surface area contributed by atoms with E-state index in [0.29, 0.717) is 18.2 Å². The minimum atomic E-state index is -0.473. The average Bonchev–Trinajstić information content (AvgIpc) is 2.72. The Kier molecular flexibility index (Phi) is 3.78. The minimum absolute atomic E-state index is 0.473. The lowest BCUT2D eigenvalue weighted by Crippen LogP contribution is -2.35. The lowest BCUT2D eigenvalue weighted by atomic mass is 10.1. The molecule has 0 saturated carbocycles. The molecule has 6 heteroatoms. The van der Waals surface area contributed by atoms with Gasteiger partial charge in [0.2, 0.25) is 0 Å². The summed E-state index contributed by atoms with van der Waals surface area (Å²) < 4.78 is 1.05. The number of urea groups is 1. The number of thiazole rings is 1. The number of amides is 2. The number of anilines is 1. The topological polar surface area (TPSA) is 85.2 Å². The molecule has 1 heterocycles. The molecule has 0 saturated heterocycles. The van der Waals surface area contributed by atoms with E-state index >= 15 is 0 Å². The molecule has 2 rings (SSSR count). The molecule has 0 spiro atoms. The number of aromatic nitrogens is 1. The van der Waals surface area contributed by atoms with Crippen LogP contribution in [-0.2, 0) is 6.42 Å². The van der Waals surface area contributed by atoms with E-state index in [9.17, 15) is 4.79 Å². The van der Waals surface area contributed by atoms with Crippen LogP contribution in [-0.4, -0.2) is 24.1 Å². The van der Waals surface area contributed by atoms with Crippen LogP contribution in [0.15, 0.2) is 18.2 Å². The molecule has 0 fully saturated rings. The summed E-state index contributed by atoms with van der Waals surface area (Å²) in [4.78, 5) is 17.2. The van der Waals surface area contributed by atoms with Crippen molar-refractivity contribution in [1.82, 2.24) is 4.98 Å². The van der Waals surface area contributed by atoms with E-state index in [-0.39, 0.29) is 0 Å². The maximum atomic E-state index is 11.3. The van der Waals surface area contributed by atoms with Gasteiger partial charge in [-0.15, -0.1) is 0 Å². The van der Waals surface area contributed by atoms with E-state index in [1.165, 1.54) is 21.8 Å². The summed E-state index contributed by atoms with van der Waals surface area (Å²) in [6.07, 6.45) is 0.844. The van der Waals surface area contributed by atoms with Gasteiger partial charge in [0.25, 0.3) is 0 Å². The molecule has 0 atom stereocenters. The highest BCUT2D eigenvalue weighted by atomic mass is 32.1. The largest absolute Gasteiger partial charge is 0.351 e. The molecule has 2 aromatic rings. The molecule has 5 nitrogen and oxygen atoms in total. The van der Waals surface area contributed by atoms with Crippen molar-refractivity contribution < 1.29 is 4.79 Å². The number of rotatable bonds is 4. The standard InChI is InChI=1S/C12H16N4OS/c1-2-16(11(14)17)12-15-9-4-3-8(5-6-13)7-10(9)18-12/h3-4,7H,2,5-6,13H2,1H3,(H2,14,17). The van der Waals surface area contributed by atoms with Gasteiger partial charge in [-0.2, -0.15) is 0 Å². The van der Waals surface area contributed by atoms with Crippen LogP contribution in [0.1, 0.15) is 12.5 Å².